The van der Waals surface area contributed by atoms with E-state index in [2.05, 4.69) is 6.92 Å². The number of rotatable bonds is 3. The van der Waals surface area contributed by atoms with Crippen molar-refractivity contribution in [1.29, 1.82) is 0 Å². The SMILES string of the molecule is CCCSC1CC(=O)N(C(C)(C)C)C1=O. The summed E-state index contributed by atoms with van der Waals surface area (Å²) in [6.07, 6.45) is 1.42. The normalized spacial score (nSPS) is 22.7. The van der Waals surface area contributed by atoms with E-state index in [1.165, 1.54) is 4.90 Å². The molecule has 1 aliphatic heterocycles. The zero-order valence-corrected chi connectivity index (χ0v) is 10.7. The van der Waals surface area contributed by atoms with Crippen molar-refractivity contribution in [3.05, 3.63) is 0 Å². The molecule has 1 fully saturated rings. The molecule has 0 saturated carbocycles. The van der Waals surface area contributed by atoms with Gasteiger partial charge in [-0.05, 0) is 32.9 Å². The number of nitrogens with zero attached hydrogens (tertiary/aromatic N) is 1. The molecule has 3 nitrogen and oxygen atoms in total. The predicted octanol–water partition coefficient (Wildman–Crippen LogP) is 2.06. The Morgan fingerprint density at radius 2 is 2.00 bits per heavy atom. The van der Waals surface area contributed by atoms with Gasteiger partial charge < -0.3 is 0 Å². The van der Waals surface area contributed by atoms with E-state index >= 15 is 0 Å². The van der Waals surface area contributed by atoms with Gasteiger partial charge in [0.2, 0.25) is 11.8 Å². The summed E-state index contributed by atoms with van der Waals surface area (Å²) in [4.78, 5) is 25.1. The van der Waals surface area contributed by atoms with Crippen LogP contribution in [0.4, 0.5) is 0 Å². The molecule has 0 aromatic heterocycles. The summed E-state index contributed by atoms with van der Waals surface area (Å²) in [5, 5.41) is -0.142. The van der Waals surface area contributed by atoms with E-state index in [1.807, 2.05) is 20.8 Å². The number of carbonyl (C=O) groups is 2. The summed E-state index contributed by atoms with van der Waals surface area (Å²) >= 11 is 1.60. The van der Waals surface area contributed by atoms with Gasteiger partial charge in [0, 0.05) is 12.0 Å². The van der Waals surface area contributed by atoms with E-state index < -0.39 is 0 Å². The Morgan fingerprint density at radius 1 is 1.40 bits per heavy atom. The number of hydrogen-bond acceptors (Lipinski definition) is 3. The highest BCUT2D eigenvalue weighted by molar-refractivity contribution is 8.00. The maximum absolute atomic E-state index is 12.0. The van der Waals surface area contributed by atoms with Crippen LogP contribution in [0.1, 0.15) is 40.5 Å². The van der Waals surface area contributed by atoms with Crippen molar-refractivity contribution < 1.29 is 9.59 Å². The average Bonchev–Trinajstić information content (AvgIpc) is 2.36. The first-order valence-corrected chi connectivity index (χ1v) is 6.41. The summed E-state index contributed by atoms with van der Waals surface area (Å²) in [5.74, 6) is 0.911. The second-order valence-electron chi connectivity index (χ2n) is 4.80. The Balaban J connectivity index is 2.71. The molecule has 0 aliphatic carbocycles. The summed E-state index contributed by atoms with van der Waals surface area (Å²) < 4.78 is 0. The van der Waals surface area contributed by atoms with Crippen molar-refractivity contribution in [3.63, 3.8) is 0 Å². The number of thioether (sulfide) groups is 1. The Bertz CT molecular complexity index is 270. The molecule has 1 rings (SSSR count). The third-order valence-corrected chi connectivity index (χ3v) is 3.71. The monoisotopic (exact) mass is 229 g/mol. The minimum Gasteiger partial charge on any atom is -0.276 e. The number of imide groups is 1. The fourth-order valence-corrected chi connectivity index (χ4v) is 2.73. The molecule has 1 atom stereocenters. The number of carbonyl (C=O) groups excluding carboxylic acids is 2. The van der Waals surface area contributed by atoms with Gasteiger partial charge in [0.1, 0.15) is 0 Å². The molecule has 1 aliphatic rings. The zero-order chi connectivity index (χ0) is 11.6. The van der Waals surface area contributed by atoms with Gasteiger partial charge >= 0.3 is 0 Å². The molecule has 1 saturated heterocycles. The van der Waals surface area contributed by atoms with Crippen LogP contribution in [0, 0.1) is 0 Å². The standard InChI is InChI=1S/C11H19NO2S/c1-5-6-15-8-7-9(13)12(10(8)14)11(2,3)4/h8H,5-7H2,1-4H3. The van der Waals surface area contributed by atoms with Crippen molar-refractivity contribution >= 4 is 23.6 Å². The summed E-state index contributed by atoms with van der Waals surface area (Å²) in [6, 6.07) is 0. The topological polar surface area (TPSA) is 37.4 Å². The molecular formula is C11H19NO2S. The van der Waals surface area contributed by atoms with Crippen LogP contribution in [-0.2, 0) is 9.59 Å². The lowest BCUT2D eigenvalue weighted by molar-refractivity contribution is -0.143. The van der Waals surface area contributed by atoms with Gasteiger partial charge in [0.15, 0.2) is 0 Å². The lowest BCUT2D eigenvalue weighted by Gasteiger charge is -2.30. The molecule has 0 aromatic carbocycles. The Morgan fingerprint density at radius 3 is 2.40 bits per heavy atom. The highest BCUT2D eigenvalue weighted by Crippen LogP contribution is 2.30. The van der Waals surface area contributed by atoms with E-state index in [-0.39, 0.29) is 22.6 Å². The summed E-state index contributed by atoms with van der Waals surface area (Å²) in [6.45, 7) is 7.77. The van der Waals surface area contributed by atoms with Gasteiger partial charge in [0.05, 0.1) is 5.25 Å². The molecule has 15 heavy (non-hydrogen) atoms. The summed E-state index contributed by atoms with van der Waals surface area (Å²) in [5.41, 5.74) is -0.379. The van der Waals surface area contributed by atoms with E-state index in [0.29, 0.717) is 6.42 Å². The van der Waals surface area contributed by atoms with E-state index in [4.69, 9.17) is 0 Å². The van der Waals surface area contributed by atoms with Crippen LogP contribution in [0.15, 0.2) is 0 Å². The first kappa shape index (κ1) is 12.6. The van der Waals surface area contributed by atoms with Gasteiger partial charge in [0.25, 0.3) is 0 Å². The molecule has 0 N–H and O–H groups in total. The highest BCUT2D eigenvalue weighted by atomic mass is 32.2. The molecular weight excluding hydrogens is 210 g/mol. The molecule has 0 aromatic rings. The largest absolute Gasteiger partial charge is 0.276 e. The van der Waals surface area contributed by atoms with E-state index in [0.717, 1.165) is 12.2 Å². The first-order valence-electron chi connectivity index (χ1n) is 5.36. The van der Waals surface area contributed by atoms with Gasteiger partial charge in [-0.15, -0.1) is 11.8 Å². The zero-order valence-electron chi connectivity index (χ0n) is 9.87. The van der Waals surface area contributed by atoms with Gasteiger partial charge in [-0.25, -0.2) is 0 Å². The Hall–Kier alpha value is -0.510. The minimum absolute atomic E-state index is 0.00838. The first-order chi connectivity index (χ1) is 6.88. The molecule has 0 bridgehead atoms. The second kappa shape index (κ2) is 4.56. The van der Waals surface area contributed by atoms with E-state index in [9.17, 15) is 9.59 Å². The quantitative estimate of drug-likeness (QED) is 0.695. The van der Waals surface area contributed by atoms with E-state index in [1.54, 1.807) is 11.8 Å². The van der Waals surface area contributed by atoms with Crippen molar-refractivity contribution in [2.24, 2.45) is 0 Å². The van der Waals surface area contributed by atoms with Crippen LogP contribution in [0.2, 0.25) is 0 Å². The van der Waals surface area contributed by atoms with Gasteiger partial charge in [-0.2, -0.15) is 0 Å². The molecule has 1 unspecified atom stereocenters. The van der Waals surface area contributed by atoms with Crippen LogP contribution < -0.4 is 0 Å². The van der Waals surface area contributed by atoms with Crippen molar-refractivity contribution in [1.82, 2.24) is 4.90 Å². The lowest BCUT2D eigenvalue weighted by atomic mass is 10.1. The fraction of sp³-hybridized carbons (Fsp3) is 0.818. The third kappa shape index (κ3) is 2.74. The van der Waals surface area contributed by atoms with Crippen LogP contribution in [0.3, 0.4) is 0 Å². The van der Waals surface area contributed by atoms with Gasteiger partial charge in [-0.1, -0.05) is 6.92 Å². The molecule has 1 heterocycles. The smallest absolute Gasteiger partial charge is 0.243 e. The number of likely N-dealkylation sites (tertiary alicyclic amines) is 1. The van der Waals surface area contributed by atoms with Crippen LogP contribution >= 0.6 is 11.8 Å². The Kier molecular flexibility index (Phi) is 3.82. The van der Waals surface area contributed by atoms with Crippen LogP contribution in [-0.4, -0.2) is 33.3 Å². The minimum atomic E-state index is -0.379. The number of hydrogen-bond donors (Lipinski definition) is 0. The third-order valence-electron chi connectivity index (χ3n) is 2.30. The molecule has 0 radical (unpaired) electrons. The van der Waals surface area contributed by atoms with Crippen LogP contribution in [0.5, 0.6) is 0 Å². The van der Waals surface area contributed by atoms with Crippen LogP contribution in [0.25, 0.3) is 0 Å². The molecule has 2 amide bonds. The highest BCUT2D eigenvalue weighted by Gasteiger charge is 2.43. The average molecular weight is 229 g/mol. The van der Waals surface area contributed by atoms with Crippen molar-refractivity contribution in [2.45, 2.75) is 51.3 Å². The maximum Gasteiger partial charge on any atom is 0.243 e. The predicted molar refractivity (Wildman–Crippen MR) is 62.8 cm³/mol. The van der Waals surface area contributed by atoms with Crippen molar-refractivity contribution in [2.75, 3.05) is 5.75 Å². The molecule has 4 heteroatoms. The summed E-state index contributed by atoms with van der Waals surface area (Å²) in [7, 11) is 0. The fourth-order valence-electron chi connectivity index (χ4n) is 1.70. The lowest BCUT2D eigenvalue weighted by Crippen LogP contribution is -2.45. The van der Waals surface area contributed by atoms with Crippen molar-refractivity contribution in [3.8, 4) is 0 Å². The maximum atomic E-state index is 12.0. The Labute approximate surface area is 95.6 Å². The van der Waals surface area contributed by atoms with Gasteiger partial charge in [-0.3, -0.25) is 14.5 Å². The molecule has 0 spiro atoms. The second-order valence-corrected chi connectivity index (χ2v) is 6.11. The number of amides is 2. The molecule has 86 valence electrons.